The first-order valence-electron chi connectivity index (χ1n) is 8.08. The van der Waals surface area contributed by atoms with Crippen LogP contribution in [0.15, 0.2) is 54.0 Å². The number of aryl methyl sites for hydroxylation is 1. The highest BCUT2D eigenvalue weighted by atomic mass is 35.5. The van der Waals surface area contributed by atoms with Gasteiger partial charge in [0, 0.05) is 22.9 Å². The predicted octanol–water partition coefficient (Wildman–Crippen LogP) is 5.57. The molecule has 1 saturated carbocycles. The van der Waals surface area contributed by atoms with E-state index in [-0.39, 0.29) is 0 Å². The Balaban J connectivity index is 1.90. The van der Waals surface area contributed by atoms with Crippen LogP contribution >= 0.6 is 11.6 Å². The molecule has 0 unspecified atom stereocenters. The van der Waals surface area contributed by atoms with Crippen LogP contribution in [0.3, 0.4) is 0 Å². The third-order valence-corrected chi connectivity index (χ3v) is 5.08. The van der Waals surface area contributed by atoms with Gasteiger partial charge in [0.05, 0.1) is 10.7 Å². The van der Waals surface area contributed by atoms with Gasteiger partial charge in [0.2, 0.25) is 0 Å². The molecular weight excluding hydrogens is 304 g/mol. The lowest BCUT2D eigenvalue weighted by Crippen LogP contribution is -2.44. The standard InChI is InChI=1S/C20H19ClN2/c1-13-10-11-17(18(21)12-13)20-22-19-9-4-3-8-16(19)14(2)23(20)15-6-5-7-15/h3-4,8-12,15H,2,5-7H2,1H3. The summed E-state index contributed by atoms with van der Waals surface area (Å²) in [6.07, 6.45) is 3.64. The molecule has 1 fully saturated rings. The molecule has 2 aromatic rings. The molecule has 0 atom stereocenters. The molecule has 1 heterocycles. The molecule has 2 nitrogen and oxygen atoms in total. The summed E-state index contributed by atoms with van der Waals surface area (Å²) >= 11 is 6.53. The average Bonchev–Trinajstić information content (AvgIpc) is 2.48. The van der Waals surface area contributed by atoms with Crippen LogP contribution < -0.4 is 0 Å². The van der Waals surface area contributed by atoms with E-state index < -0.39 is 0 Å². The smallest absolute Gasteiger partial charge is 0.142 e. The molecule has 0 radical (unpaired) electrons. The van der Waals surface area contributed by atoms with E-state index in [0.29, 0.717) is 6.04 Å². The second-order valence-electron chi connectivity index (χ2n) is 6.34. The summed E-state index contributed by atoms with van der Waals surface area (Å²) in [6, 6.07) is 14.8. The molecule has 0 saturated heterocycles. The fourth-order valence-corrected chi connectivity index (χ4v) is 3.59. The van der Waals surface area contributed by atoms with Crippen molar-refractivity contribution in [2.24, 2.45) is 4.99 Å². The van der Waals surface area contributed by atoms with Gasteiger partial charge in [0.15, 0.2) is 0 Å². The van der Waals surface area contributed by atoms with Crippen LogP contribution in [-0.2, 0) is 0 Å². The summed E-state index contributed by atoms with van der Waals surface area (Å²) in [6.45, 7) is 6.42. The molecule has 2 aliphatic rings. The lowest BCUT2D eigenvalue weighted by molar-refractivity contribution is 0.272. The van der Waals surface area contributed by atoms with Gasteiger partial charge in [-0.1, -0.05) is 42.4 Å². The maximum absolute atomic E-state index is 6.53. The van der Waals surface area contributed by atoms with Crippen LogP contribution in [0.5, 0.6) is 0 Å². The van der Waals surface area contributed by atoms with Gasteiger partial charge in [-0.05, 0) is 49.9 Å². The lowest BCUT2D eigenvalue weighted by Gasteiger charge is -2.43. The van der Waals surface area contributed by atoms with Crippen molar-refractivity contribution < 1.29 is 0 Å². The Labute approximate surface area is 142 Å². The van der Waals surface area contributed by atoms with Crippen molar-refractivity contribution >= 4 is 28.8 Å². The Morgan fingerprint density at radius 2 is 1.91 bits per heavy atom. The van der Waals surface area contributed by atoms with Crippen molar-refractivity contribution in [3.63, 3.8) is 0 Å². The fourth-order valence-electron chi connectivity index (χ4n) is 3.27. The Hall–Kier alpha value is -2.06. The Kier molecular flexibility index (Phi) is 3.50. The van der Waals surface area contributed by atoms with Crippen molar-refractivity contribution in [2.75, 3.05) is 0 Å². The first-order chi connectivity index (χ1) is 11.1. The van der Waals surface area contributed by atoms with Crippen molar-refractivity contribution in [3.8, 4) is 0 Å². The zero-order chi connectivity index (χ0) is 16.0. The molecule has 2 aromatic carbocycles. The van der Waals surface area contributed by atoms with Crippen LogP contribution in [0.2, 0.25) is 5.02 Å². The lowest BCUT2D eigenvalue weighted by atomic mass is 9.89. The van der Waals surface area contributed by atoms with Gasteiger partial charge in [-0.15, -0.1) is 0 Å². The number of hydrogen-bond acceptors (Lipinski definition) is 2. The summed E-state index contributed by atoms with van der Waals surface area (Å²) in [4.78, 5) is 7.23. The van der Waals surface area contributed by atoms with Gasteiger partial charge in [-0.25, -0.2) is 4.99 Å². The third-order valence-electron chi connectivity index (χ3n) is 4.77. The molecule has 4 rings (SSSR count). The number of rotatable bonds is 2. The highest BCUT2D eigenvalue weighted by molar-refractivity contribution is 6.34. The van der Waals surface area contributed by atoms with Crippen molar-refractivity contribution in [2.45, 2.75) is 32.2 Å². The van der Waals surface area contributed by atoms with E-state index >= 15 is 0 Å². The Morgan fingerprint density at radius 1 is 1.13 bits per heavy atom. The minimum Gasteiger partial charge on any atom is -0.323 e. The summed E-state index contributed by atoms with van der Waals surface area (Å²) in [5, 5.41) is 0.750. The maximum atomic E-state index is 6.53. The summed E-state index contributed by atoms with van der Waals surface area (Å²) in [5.74, 6) is 0.934. The van der Waals surface area contributed by atoms with Gasteiger partial charge in [0.25, 0.3) is 0 Å². The van der Waals surface area contributed by atoms with Crippen molar-refractivity contribution in [1.82, 2.24) is 4.90 Å². The fraction of sp³-hybridized carbons (Fsp3) is 0.250. The summed E-state index contributed by atoms with van der Waals surface area (Å²) < 4.78 is 0. The van der Waals surface area contributed by atoms with Gasteiger partial charge in [-0.3, -0.25) is 0 Å². The largest absolute Gasteiger partial charge is 0.323 e. The summed E-state index contributed by atoms with van der Waals surface area (Å²) in [5.41, 5.74) is 5.27. The predicted molar refractivity (Wildman–Crippen MR) is 97.3 cm³/mol. The molecule has 0 N–H and O–H groups in total. The molecule has 0 spiro atoms. The van der Waals surface area contributed by atoms with Crippen molar-refractivity contribution in [1.29, 1.82) is 0 Å². The normalized spacial score (nSPS) is 17.6. The second-order valence-corrected chi connectivity index (χ2v) is 6.74. The van der Waals surface area contributed by atoms with E-state index in [4.69, 9.17) is 16.6 Å². The Morgan fingerprint density at radius 3 is 2.61 bits per heavy atom. The number of fused-ring (bicyclic) bond motifs is 1. The molecule has 1 aliphatic carbocycles. The number of nitrogens with zero attached hydrogens (tertiary/aromatic N) is 2. The summed E-state index contributed by atoms with van der Waals surface area (Å²) in [7, 11) is 0. The molecule has 0 amide bonds. The highest BCUT2D eigenvalue weighted by Gasteiger charge is 2.34. The molecule has 0 bridgehead atoms. The quantitative estimate of drug-likeness (QED) is 0.706. The SMILES string of the molecule is C=C1c2ccccc2N=C(c2ccc(C)cc2Cl)N1C1CCC1. The van der Waals surface area contributed by atoms with Crippen LogP contribution in [0.4, 0.5) is 5.69 Å². The van der Waals surface area contributed by atoms with E-state index in [1.54, 1.807) is 0 Å². The van der Waals surface area contributed by atoms with Crippen LogP contribution in [-0.4, -0.2) is 16.8 Å². The zero-order valence-electron chi connectivity index (χ0n) is 13.2. The number of aliphatic imine (C=N–C) groups is 1. The number of benzene rings is 2. The van der Waals surface area contributed by atoms with Crippen LogP contribution in [0, 0.1) is 6.92 Å². The molecule has 0 aromatic heterocycles. The first kappa shape index (κ1) is 14.5. The highest BCUT2D eigenvalue weighted by Crippen LogP contribution is 2.40. The first-order valence-corrected chi connectivity index (χ1v) is 8.46. The molecule has 116 valence electrons. The number of hydrogen-bond donors (Lipinski definition) is 0. The van der Waals surface area contributed by atoms with Crippen LogP contribution in [0.25, 0.3) is 5.70 Å². The molecular formula is C20H19ClN2. The Bertz CT molecular complexity index is 818. The van der Waals surface area contributed by atoms with E-state index in [9.17, 15) is 0 Å². The van der Waals surface area contributed by atoms with Crippen LogP contribution in [0.1, 0.15) is 36.0 Å². The van der Waals surface area contributed by atoms with Gasteiger partial charge >= 0.3 is 0 Å². The minimum atomic E-state index is 0.479. The zero-order valence-corrected chi connectivity index (χ0v) is 14.0. The minimum absolute atomic E-state index is 0.479. The number of halogens is 1. The van der Waals surface area contributed by atoms with Gasteiger partial charge < -0.3 is 4.90 Å². The van der Waals surface area contributed by atoms with Gasteiger partial charge in [-0.2, -0.15) is 0 Å². The van der Waals surface area contributed by atoms with E-state index in [2.05, 4.69) is 36.6 Å². The van der Waals surface area contributed by atoms with E-state index in [1.165, 1.54) is 19.3 Å². The molecule has 23 heavy (non-hydrogen) atoms. The third kappa shape index (κ3) is 2.38. The topological polar surface area (TPSA) is 15.6 Å². The van der Waals surface area contributed by atoms with Crippen molar-refractivity contribution in [3.05, 3.63) is 70.8 Å². The number of para-hydroxylation sites is 1. The van der Waals surface area contributed by atoms with Gasteiger partial charge in [0.1, 0.15) is 5.84 Å². The average molecular weight is 323 g/mol. The van der Waals surface area contributed by atoms with E-state index in [0.717, 1.165) is 38.9 Å². The monoisotopic (exact) mass is 322 g/mol. The second kappa shape index (κ2) is 5.54. The van der Waals surface area contributed by atoms with E-state index in [1.807, 2.05) is 24.3 Å². The molecule has 1 aliphatic heterocycles. The number of amidine groups is 1. The maximum Gasteiger partial charge on any atom is 0.142 e. The molecule has 3 heteroatoms.